The van der Waals surface area contributed by atoms with E-state index in [0.717, 1.165) is 49.7 Å². The highest BCUT2D eigenvalue weighted by Crippen LogP contribution is 2.31. The number of rotatable bonds is 5. The Morgan fingerprint density at radius 1 is 0.970 bits per heavy atom. The molecule has 0 aromatic heterocycles. The molecule has 2 aliphatic rings. The molecule has 1 amide bonds. The Kier molecular flexibility index (Phi) is 6.19. The van der Waals surface area contributed by atoms with Gasteiger partial charge in [0, 0.05) is 37.3 Å². The number of cyclic esters (lactones) is 1. The highest BCUT2D eigenvalue weighted by molar-refractivity contribution is 6.05. The van der Waals surface area contributed by atoms with Crippen molar-refractivity contribution in [2.24, 2.45) is 0 Å². The summed E-state index contributed by atoms with van der Waals surface area (Å²) in [6.45, 7) is 4.31. The smallest absolute Gasteiger partial charge is 0.339 e. The molecule has 33 heavy (non-hydrogen) atoms. The molecule has 2 aliphatic heterocycles. The lowest BCUT2D eigenvalue weighted by atomic mass is 9.93. The number of benzene rings is 3. The molecule has 1 N–H and O–H groups in total. The summed E-state index contributed by atoms with van der Waals surface area (Å²) in [4.78, 5) is 27.7. The summed E-state index contributed by atoms with van der Waals surface area (Å²) in [5.41, 5.74) is 4.76. The molecule has 1 saturated heterocycles. The number of morpholine rings is 1. The molecule has 0 spiro atoms. The Labute approximate surface area is 193 Å². The molecule has 0 aliphatic carbocycles. The van der Waals surface area contributed by atoms with Crippen LogP contribution in [0.25, 0.3) is 0 Å². The number of nitrogens with zero attached hydrogens (tertiary/aromatic N) is 1. The largest absolute Gasteiger partial charge is 0.454 e. The molecule has 2 heterocycles. The van der Waals surface area contributed by atoms with Gasteiger partial charge in [0.1, 0.15) is 6.10 Å². The van der Waals surface area contributed by atoms with Gasteiger partial charge in [0.15, 0.2) is 0 Å². The summed E-state index contributed by atoms with van der Waals surface area (Å²) in [7, 11) is 0. The number of amides is 1. The number of esters is 1. The van der Waals surface area contributed by atoms with Crippen LogP contribution in [0.2, 0.25) is 0 Å². The second kappa shape index (κ2) is 9.57. The lowest BCUT2D eigenvalue weighted by Crippen LogP contribution is -2.35. The number of nitrogens with one attached hydrogen (secondary N) is 1. The summed E-state index contributed by atoms with van der Waals surface area (Å²) in [6.07, 6.45) is 0.200. The third kappa shape index (κ3) is 4.97. The van der Waals surface area contributed by atoms with Crippen molar-refractivity contribution >= 4 is 17.6 Å². The maximum atomic E-state index is 12.9. The zero-order valence-electron chi connectivity index (χ0n) is 18.3. The fourth-order valence-corrected chi connectivity index (χ4v) is 4.30. The van der Waals surface area contributed by atoms with Crippen LogP contribution in [0.1, 0.15) is 43.5 Å². The van der Waals surface area contributed by atoms with E-state index in [2.05, 4.69) is 10.2 Å². The summed E-state index contributed by atoms with van der Waals surface area (Å²) in [6, 6.07) is 22.8. The van der Waals surface area contributed by atoms with Crippen molar-refractivity contribution in [3.63, 3.8) is 0 Å². The van der Waals surface area contributed by atoms with Gasteiger partial charge in [0.05, 0.1) is 18.8 Å². The lowest BCUT2D eigenvalue weighted by Gasteiger charge is -2.26. The molecular formula is C27H26N2O4. The topological polar surface area (TPSA) is 67.9 Å². The van der Waals surface area contributed by atoms with E-state index in [0.29, 0.717) is 17.5 Å². The molecular weight excluding hydrogens is 416 g/mol. The van der Waals surface area contributed by atoms with Crippen molar-refractivity contribution in [2.75, 3.05) is 31.6 Å². The average molecular weight is 443 g/mol. The Morgan fingerprint density at radius 2 is 1.73 bits per heavy atom. The van der Waals surface area contributed by atoms with E-state index < -0.39 is 0 Å². The second-order valence-electron chi connectivity index (χ2n) is 8.42. The van der Waals surface area contributed by atoms with Gasteiger partial charge < -0.3 is 14.8 Å². The molecule has 0 bridgehead atoms. The summed E-state index contributed by atoms with van der Waals surface area (Å²) < 4.78 is 11.0. The molecule has 6 heteroatoms. The van der Waals surface area contributed by atoms with Crippen molar-refractivity contribution in [1.29, 1.82) is 0 Å². The Bertz CT molecular complexity index is 1140. The van der Waals surface area contributed by atoms with Gasteiger partial charge in [-0.15, -0.1) is 0 Å². The Hall–Kier alpha value is -3.48. The Morgan fingerprint density at radius 3 is 2.48 bits per heavy atom. The molecule has 1 unspecified atom stereocenters. The third-order valence-electron chi connectivity index (χ3n) is 6.13. The van der Waals surface area contributed by atoms with E-state index in [-0.39, 0.29) is 18.0 Å². The van der Waals surface area contributed by atoms with Crippen LogP contribution >= 0.6 is 0 Å². The second-order valence-corrected chi connectivity index (χ2v) is 8.42. The van der Waals surface area contributed by atoms with E-state index in [1.54, 1.807) is 18.2 Å². The lowest BCUT2D eigenvalue weighted by molar-refractivity contribution is 0.0252. The van der Waals surface area contributed by atoms with Gasteiger partial charge >= 0.3 is 5.97 Å². The van der Waals surface area contributed by atoms with Gasteiger partial charge in [-0.2, -0.15) is 0 Å². The van der Waals surface area contributed by atoms with Gasteiger partial charge in [-0.05, 0) is 47.0 Å². The van der Waals surface area contributed by atoms with E-state index >= 15 is 0 Å². The van der Waals surface area contributed by atoms with Crippen LogP contribution in [0, 0.1) is 0 Å². The predicted octanol–water partition coefficient (Wildman–Crippen LogP) is 4.23. The first kappa shape index (κ1) is 21.4. The van der Waals surface area contributed by atoms with Crippen molar-refractivity contribution < 1.29 is 19.1 Å². The molecule has 1 atom stereocenters. The predicted molar refractivity (Wildman–Crippen MR) is 125 cm³/mol. The summed E-state index contributed by atoms with van der Waals surface area (Å²) in [5.74, 6) is -0.554. The normalized spacial score (nSPS) is 18.3. The zero-order valence-corrected chi connectivity index (χ0v) is 18.3. The SMILES string of the molecule is O=C(Nc1ccc(CN2CCOCC2)cc1)c1ccc2c(c1)CC(c1ccccc1)OC2=O. The molecule has 5 rings (SSSR count). The Balaban J connectivity index is 1.26. The van der Waals surface area contributed by atoms with Gasteiger partial charge in [-0.1, -0.05) is 42.5 Å². The van der Waals surface area contributed by atoms with Crippen LogP contribution in [0.5, 0.6) is 0 Å². The number of anilines is 1. The maximum absolute atomic E-state index is 12.9. The molecule has 168 valence electrons. The monoisotopic (exact) mass is 442 g/mol. The van der Waals surface area contributed by atoms with Crippen molar-refractivity contribution in [1.82, 2.24) is 4.90 Å². The van der Waals surface area contributed by atoms with Gasteiger partial charge in [0.25, 0.3) is 5.91 Å². The third-order valence-corrected chi connectivity index (χ3v) is 6.13. The van der Waals surface area contributed by atoms with E-state index in [1.165, 1.54) is 5.56 Å². The van der Waals surface area contributed by atoms with Gasteiger partial charge in [-0.3, -0.25) is 9.69 Å². The number of hydrogen-bond acceptors (Lipinski definition) is 5. The van der Waals surface area contributed by atoms with Crippen LogP contribution < -0.4 is 5.32 Å². The van der Waals surface area contributed by atoms with Gasteiger partial charge in [-0.25, -0.2) is 4.79 Å². The molecule has 0 saturated carbocycles. The number of carbonyl (C=O) groups is 2. The minimum atomic E-state index is -0.354. The van der Waals surface area contributed by atoms with E-state index in [9.17, 15) is 9.59 Å². The fraction of sp³-hybridized carbons (Fsp3) is 0.259. The standard InChI is InChI=1S/C27H26N2O4/c30-26(28-23-9-6-19(7-10-23)18-29-12-14-32-15-13-29)21-8-11-24-22(16-21)17-25(33-27(24)31)20-4-2-1-3-5-20/h1-11,16,25H,12-15,17-18H2,(H,28,30). The molecule has 1 fully saturated rings. The fourth-order valence-electron chi connectivity index (χ4n) is 4.30. The quantitative estimate of drug-likeness (QED) is 0.599. The van der Waals surface area contributed by atoms with Crippen LogP contribution in [0.4, 0.5) is 5.69 Å². The summed E-state index contributed by atoms with van der Waals surface area (Å²) >= 11 is 0. The minimum absolute atomic E-state index is 0.200. The van der Waals surface area contributed by atoms with Crippen LogP contribution in [0.15, 0.2) is 72.8 Å². The zero-order chi connectivity index (χ0) is 22.6. The van der Waals surface area contributed by atoms with Crippen molar-refractivity contribution in [3.8, 4) is 0 Å². The summed E-state index contributed by atoms with van der Waals surface area (Å²) in [5, 5.41) is 2.96. The molecule has 0 radical (unpaired) electrons. The minimum Gasteiger partial charge on any atom is -0.454 e. The first-order valence-electron chi connectivity index (χ1n) is 11.2. The number of hydrogen-bond donors (Lipinski definition) is 1. The first-order chi connectivity index (χ1) is 16.2. The first-order valence-corrected chi connectivity index (χ1v) is 11.2. The van der Waals surface area contributed by atoms with Gasteiger partial charge in [0.2, 0.25) is 0 Å². The molecule has 3 aromatic carbocycles. The maximum Gasteiger partial charge on any atom is 0.339 e. The van der Waals surface area contributed by atoms with Crippen LogP contribution in [-0.4, -0.2) is 43.1 Å². The highest BCUT2D eigenvalue weighted by atomic mass is 16.5. The van der Waals surface area contributed by atoms with E-state index in [4.69, 9.17) is 9.47 Å². The number of fused-ring (bicyclic) bond motifs is 1. The van der Waals surface area contributed by atoms with Crippen molar-refractivity contribution in [2.45, 2.75) is 19.1 Å². The van der Waals surface area contributed by atoms with Crippen LogP contribution in [0.3, 0.4) is 0 Å². The molecule has 6 nitrogen and oxygen atoms in total. The van der Waals surface area contributed by atoms with Crippen LogP contribution in [-0.2, 0) is 22.4 Å². The molecule has 3 aromatic rings. The van der Waals surface area contributed by atoms with E-state index in [1.807, 2.05) is 54.6 Å². The number of carbonyl (C=O) groups excluding carboxylic acids is 2. The van der Waals surface area contributed by atoms with Crippen molar-refractivity contribution in [3.05, 3.63) is 101 Å². The average Bonchev–Trinajstić information content (AvgIpc) is 2.86. The number of ether oxygens (including phenoxy) is 2. The highest BCUT2D eigenvalue weighted by Gasteiger charge is 2.28.